The lowest BCUT2D eigenvalue weighted by atomic mass is 9.84. The zero-order valence-corrected chi connectivity index (χ0v) is 24.1. The number of para-hydroxylation sites is 2. The van der Waals surface area contributed by atoms with Gasteiger partial charge in [0.05, 0.1) is 13.0 Å². The molecule has 1 amide bonds. The van der Waals surface area contributed by atoms with Crippen molar-refractivity contribution in [2.75, 3.05) is 25.1 Å². The van der Waals surface area contributed by atoms with Crippen LogP contribution in [0.3, 0.4) is 0 Å². The van der Waals surface area contributed by atoms with Crippen LogP contribution < -0.4 is 18.5 Å². The number of amides is 1. The lowest BCUT2D eigenvalue weighted by Crippen LogP contribution is -2.47. The Morgan fingerprint density at radius 2 is 1.54 bits per heavy atom. The summed E-state index contributed by atoms with van der Waals surface area (Å²) in [5.41, 5.74) is 3.59. The highest BCUT2D eigenvalue weighted by Gasteiger charge is 2.35. The molecule has 2 atom stereocenters. The summed E-state index contributed by atoms with van der Waals surface area (Å²) in [5.74, 6) is -0.00701. The third kappa shape index (κ3) is 6.92. The quantitative estimate of drug-likeness (QED) is 0.352. The summed E-state index contributed by atoms with van der Waals surface area (Å²) in [4.78, 5) is 15.6. The molecule has 1 N–H and O–H groups in total. The molecule has 0 saturated carbocycles. The Kier molecular flexibility index (Phi) is 8.85. The summed E-state index contributed by atoms with van der Waals surface area (Å²) in [5, 5.41) is 0. The van der Waals surface area contributed by atoms with Crippen molar-refractivity contribution in [2.45, 2.75) is 51.9 Å². The number of methoxy groups -OCH3 is 1. The Hall–Kier alpha value is -3.52. The van der Waals surface area contributed by atoms with Crippen LogP contribution in [0.25, 0.3) is 0 Å². The second-order valence-electron chi connectivity index (χ2n) is 10.7. The Balaban J connectivity index is 1.59. The molecule has 1 aliphatic rings. The number of carbonyl (C=O) groups excluding carboxylic acids is 1. The van der Waals surface area contributed by atoms with Crippen molar-refractivity contribution >= 4 is 21.9 Å². The van der Waals surface area contributed by atoms with Gasteiger partial charge in [-0.1, -0.05) is 76.2 Å². The van der Waals surface area contributed by atoms with Gasteiger partial charge in [0.1, 0.15) is 5.75 Å². The van der Waals surface area contributed by atoms with E-state index in [1.807, 2.05) is 100 Å². The summed E-state index contributed by atoms with van der Waals surface area (Å²) in [6.45, 7) is 9.02. The topological polar surface area (TPSA) is 84.9 Å². The number of anilines is 1. The predicted octanol–water partition coefficient (Wildman–Crippen LogP) is 5.99. The first kappa shape index (κ1) is 28.5. The Morgan fingerprint density at radius 3 is 2.15 bits per heavy atom. The van der Waals surface area contributed by atoms with Crippen molar-refractivity contribution in [2.24, 2.45) is 5.92 Å². The number of hydrogen-bond acceptors (Lipinski definition) is 6. The maximum Gasteiger partial charge on any atom is 0.409 e. The number of rotatable bonds is 9. The molecule has 1 heterocycles. The molecule has 7 nitrogen and oxygen atoms in total. The number of ether oxygens (including phenoxy) is 1. The summed E-state index contributed by atoms with van der Waals surface area (Å²) < 4.78 is 39.7. The van der Waals surface area contributed by atoms with Crippen LogP contribution in [0.1, 0.15) is 68.6 Å². The van der Waals surface area contributed by atoms with Crippen molar-refractivity contribution in [3.05, 3.63) is 89.5 Å². The molecule has 3 aromatic carbocycles. The number of piperidine rings is 1. The van der Waals surface area contributed by atoms with E-state index in [4.69, 9.17) is 8.92 Å². The van der Waals surface area contributed by atoms with Gasteiger partial charge in [-0.05, 0) is 59.2 Å². The molecular weight excluding hydrogens is 512 g/mol. The average molecular weight is 551 g/mol. The molecule has 3 aromatic rings. The summed E-state index contributed by atoms with van der Waals surface area (Å²) >= 11 is 0. The summed E-state index contributed by atoms with van der Waals surface area (Å²) in [6.07, 6.45) is 0.498. The van der Waals surface area contributed by atoms with Crippen LogP contribution in [-0.2, 0) is 15.1 Å². The van der Waals surface area contributed by atoms with Crippen LogP contribution in [0, 0.1) is 5.92 Å². The third-order valence-corrected chi connectivity index (χ3v) is 8.08. The molecule has 0 spiro atoms. The van der Waals surface area contributed by atoms with E-state index in [1.165, 1.54) is 0 Å². The molecule has 1 saturated heterocycles. The number of carbonyl (C=O) groups is 1. The van der Waals surface area contributed by atoms with Gasteiger partial charge in [0, 0.05) is 24.7 Å². The van der Waals surface area contributed by atoms with Gasteiger partial charge in [-0.3, -0.25) is 4.79 Å². The largest absolute Gasteiger partial charge is 0.497 e. The number of nitrogens with one attached hydrogen (secondary N) is 1. The summed E-state index contributed by atoms with van der Waals surface area (Å²) in [7, 11) is -2.78. The molecule has 0 aromatic heterocycles. The molecule has 1 aliphatic heterocycles. The highest BCUT2D eigenvalue weighted by Crippen LogP contribution is 2.36. The minimum atomic E-state index is -4.41. The highest BCUT2D eigenvalue weighted by atomic mass is 32.2. The molecule has 0 radical (unpaired) electrons. The van der Waals surface area contributed by atoms with Crippen molar-refractivity contribution in [3.63, 3.8) is 0 Å². The van der Waals surface area contributed by atoms with Gasteiger partial charge >= 0.3 is 10.3 Å². The van der Waals surface area contributed by atoms with E-state index in [1.54, 1.807) is 7.11 Å². The molecule has 0 bridgehead atoms. The van der Waals surface area contributed by atoms with Crippen LogP contribution in [0.15, 0.2) is 72.8 Å². The van der Waals surface area contributed by atoms with Gasteiger partial charge in [0.15, 0.2) is 5.75 Å². The van der Waals surface area contributed by atoms with Gasteiger partial charge in [-0.2, -0.15) is 8.42 Å². The minimum absolute atomic E-state index is 0.00244. The van der Waals surface area contributed by atoms with Gasteiger partial charge in [0.25, 0.3) is 0 Å². The van der Waals surface area contributed by atoms with Crippen LogP contribution >= 0.6 is 0 Å². The monoisotopic (exact) mass is 550 g/mol. The van der Waals surface area contributed by atoms with E-state index in [0.717, 1.165) is 28.1 Å². The lowest BCUT2D eigenvalue weighted by Gasteiger charge is -2.38. The van der Waals surface area contributed by atoms with Crippen molar-refractivity contribution < 1.29 is 22.1 Å². The van der Waals surface area contributed by atoms with Crippen molar-refractivity contribution in [1.29, 1.82) is 0 Å². The zero-order chi connectivity index (χ0) is 28.2. The molecule has 39 heavy (non-hydrogen) atoms. The fourth-order valence-corrected chi connectivity index (χ4v) is 6.06. The average Bonchev–Trinajstić information content (AvgIpc) is 2.92. The lowest BCUT2D eigenvalue weighted by molar-refractivity contribution is -0.123. The molecule has 208 valence electrons. The fraction of sp³-hybridized carbons (Fsp3) is 0.387. The first-order valence-electron chi connectivity index (χ1n) is 13.4. The Morgan fingerprint density at radius 1 is 0.897 bits per heavy atom. The van der Waals surface area contributed by atoms with Crippen LogP contribution in [0.5, 0.6) is 11.5 Å². The standard InChI is InChI=1S/C31H38N2O5S/c1-21(2)28-15-10-16-29(22(3)4)30(28)38-39(35,36)32-31(34)25-17-24(23-11-9-14-27(18-23)37-5)19-33(20-25)26-12-7-6-8-13-26/h6-16,18,21-22,24-25H,17,19-20H2,1-5H3,(H,32,34). The maximum absolute atomic E-state index is 13.5. The SMILES string of the molecule is COc1cccc(C2CC(C(=O)NS(=O)(=O)Oc3c(C(C)C)cccc3C(C)C)CN(c3ccccc3)C2)c1. The van der Waals surface area contributed by atoms with Gasteiger partial charge in [0.2, 0.25) is 5.91 Å². The fourth-order valence-electron chi connectivity index (χ4n) is 5.19. The van der Waals surface area contributed by atoms with Crippen LogP contribution in [0.2, 0.25) is 0 Å². The molecule has 2 unspecified atom stereocenters. The van der Waals surface area contributed by atoms with Gasteiger partial charge in [-0.15, -0.1) is 0 Å². The second kappa shape index (κ2) is 12.1. The maximum atomic E-state index is 13.5. The van der Waals surface area contributed by atoms with Crippen LogP contribution in [0.4, 0.5) is 5.69 Å². The molecular formula is C31H38N2O5S. The normalized spacial score (nSPS) is 17.8. The third-order valence-electron chi connectivity index (χ3n) is 7.25. The first-order valence-corrected chi connectivity index (χ1v) is 14.8. The Labute approximate surface area is 232 Å². The zero-order valence-electron chi connectivity index (χ0n) is 23.3. The molecule has 4 rings (SSSR count). The van der Waals surface area contributed by atoms with E-state index < -0.39 is 22.1 Å². The van der Waals surface area contributed by atoms with Crippen molar-refractivity contribution in [3.8, 4) is 11.5 Å². The Bertz CT molecular complexity index is 1360. The number of nitrogens with zero attached hydrogens (tertiary/aromatic N) is 1. The van der Waals surface area contributed by atoms with Crippen molar-refractivity contribution in [1.82, 2.24) is 4.72 Å². The van der Waals surface area contributed by atoms with E-state index in [9.17, 15) is 13.2 Å². The molecule has 0 aliphatic carbocycles. The van der Waals surface area contributed by atoms with E-state index >= 15 is 0 Å². The second-order valence-corrected chi connectivity index (χ2v) is 12.0. The smallest absolute Gasteiger partial charge is 0.409 e. The first-order chi connectivity index (χ1) is 18.6. The predicted molar refractivity (Wildman–Crippen MR) is 155 cm³/mol. The number of hydrogen-bond donors (Lipinski definition) is 1. The summed E-state index contributed by atoms with van der Waals surface area (Å²) in [6, 6.07) is 23.3. The van der Waals surface area contributed by atoms with Crippen LogP contribution in [-0.4, -0.2) is 34.5 Å². The number of benzene rings is 3. The minimum Gasteiger partial charge on any atom is -0.497 e. The highest BCUT2D eigenvalue weighted by molar-refractivity contribution is 7.85. The van der Waals surface area contributed by atoms with E-state index in [0.29, 0.717) is 25.3 Å². The van der Waals surface area contributed by atoms with Gasteiger partial charge in [-0.25, -0.2) is 4.72 Å². The van der Waals surface area contributed by atoms with E-state index in [-0.39, 0.29) is 17.8 Å². The van der Waals surface area contributed by atoms with E-state index in [2.05, 4.69) is 9.62 Å². The van der Waals surface area contributed by atoms with Gasteiger partial charge < -0.3 is 13.8 Å². The molecule has 8 heteroatoms. The molecule has 1 fully saturated rings.